The molecule has 1 heterocycles. The Hall–Kier alpha value is -1.14. The Labute approximate surface area is 101 Å². The van der Waals surface area contributed by atoms with Gasteiger partial charge in [-0.2, -0.15) is 0 Å². The van der Waals surface area contributed by atoms with Crippen LogP contribution < -0.4 is 5.32 Å². The SMILES string of the molecule is CNCCCN(C)C(=O)C1CCC(C(=O)O)O1. The van der Waals surface area contributed by atoms with Crippen LogP contribution in [0.1, 0.15) is 19.3 Å². The Morgan fingerprint density at radius 2 is 2.06 bits per heavy atom. The lowest BCUT2D eigenvalue weighted by Crippen LogP contribution is -2.38. The molecule has 1 aliphatic heterocycles. The van der Waals surface area contributed by atoms with Gasteiger partial charge in [-0.25, -0.2) is 4.79 Å². The molecule has 1 fully saturated rings. The van der Waals surface area contributed by atoms with Gasteiger partial charge in [-0.05, 0) is 32.9 Å². The van der Waals surface area contributed by atoms with Gasteiger partial charge >= 0.3 is 5.97 Å². The number of rotatable bonds is 6. The topological polar surface area (TPSA) is 78.9 Å². The third-order valence-electron chi connectivity index (χ3n) is 2.87. The van der Waals surface area contributed by atoms with E-state index in [2.05, 4.69) is 5.32 Å². The van der Waals surface area contributed by atoms with Crippen LogP contribution in [0, 0.1) is 0 Å². The van der Waals surface area contributed by atoms with Gasteiger partial charge in [0, 0.05) is 13.6 Å². The van der Waals surface area contributed by atoms with Crippen molar-refractivity contribution in [1.82, 2.24) is 10.2 Å². The molecule has 98 valence electrons. The Balaban J connectivity index is 2.35. The van der Waals surface area contributed by atoms with Crippen LogP contribution >= 0.6 is 0 Å². The summed E-state index contributed by atoms with van der Waals surface area (Å²) in [4.78, 5) is 24.2. The maximum atomic E-state index is 11.9. The van der Waals surface area contributed by atoms with Gasteiger partial charge in [0.05, 0.1) is 0 Å². The fourth-order valence-corrected chi connectivity index (χ4v) is 1.85. The van der Waals surface area contributed by atoms with Crippen LogP contribution in [0.4, 0.5) is 0 Å². The summed E-state index contributed by atoms with van der Waals surface area (Å²) in [5.74, 6) is -1.11. The number of hydrogen-bond acceptors (Lipinski definition) is 4. The normalized spacial score (nSPS) is 23.6. The number of ether oxygens (including phenoxy) is 1. The van der Waals surface area contributed by atoms with Gasteiger partial charge < -0.3 is 20.1 Å². The van der Waals surface area contributed by atoms with E-state index in [1.165, 1.54) is 0 Å². The number of nitrogens with zero attached hydrogens (tertiary/aromatic N) is 1. The van der Waals surface area contributed by atoms with Gasteiger partial charge in [-0.15, -0.1) is 0 Å². The molecule has 6 heteroatoms. The molecule has 2 unspecified atom stereocenters. The van der Waals surface area contributed by atoms with E-state index in [4.69, 9.17) is 9.84 Å². The molecule has 0 aromatic rings. The van der Waals surface area contributed by atoms with E-state index in [1.54, 1.807) is 11.9 Å². The van der Waals surface area contributed by atoms with Crippen LogP contribution in [0.15, 0.2) is 0 Å². The van der Waals surface area contributed by atoms with Gasteiger partial charge in [0.15, 0.2) is 6.10 Å². The molecule has 2 N–H and O–H groups in total. The molecular weight excluding hydrogens is 224 g/mol. The largest absolute Gasteiger partial charge is 0.479 e. The van der Waals surface area contributed by atoms with Crippen molar-refractivity contribution in [1.29, 1.82) is 0 Å². The fourth-order valence-electron chi connectivity index (χ4n) is 1.85. The van der Waals surface area contributed by atoms with E-state index in [1.807, 2.05) is 7.05 Å². The van der Waals surface area contributed by atoms with Crippen molar-refractivity contribution in [3.05, 3.63) is 0 Å². The molecule has 2 atom stereocenters. The summed E-state index contributed by atoms with van der Waals surface area (Å²) in [6.07, 6.45) is 0.362. The van der Waals surface area contributed by atoms with Crippen LogP contribution in [0.3, 0.4) is 0 Å². The fraction of sp³-hybridized carbons (Fsp3) is 0.818. The van der Waals surface area contributed by atoms with Gasteiger partial charge in [-0.3, -0.25) is 4.79 Å². The Morgan fingerprint density at radius 1 is 1.41 bits per heavy atom. The summed E-state index contributed by atoms with van der Waals surface area (Å²) >= 11 is 0. The second-order valence-corrected chi connectivity index (χ2v) is 4.25. The quantitative estimate of drug-likeness (QED) is 0.626. The molecule has 0 bridgehead atoms. The van der Waals surface area contributed by atoms with E-state index in [9.17, 15) is 9.59 Å². The van der Waals surface area contributed by atoms with E-state index < -0.39 is 18.2 Å². The molecular formula is C11H20N2O4. The molecule has 1 rings (SSSR count). The maximum Gasteiger partial charge on any atom is 0.332 e. The number of carbonyl (C=O) groups is 2. The van der Waals surface area contributed by atoms with Crippen LogP contribution in [-0.2, 0) is 14.3 Å². The predicted octanol–water partition coefficient (Wildman–Crippen LogP) is -0.313. The highest BCUT2D eigenvalue weighted by Gasteiger charge is 2.35. The minimum atomic E-state index is -0.988. The third-order valence-corrected chi connectivity index (χ3v) is 2.87. The van der Waals surface area contributed by atoms with Crippen LogP contribution in [0.2, 0.25) is 0 Å². The Kier molecular flexibility index (Phi) is 5.37. The van der Waals surface area contributed by atoms with Crippen molar-refractivity contribution in [2.45, 2.75) is 31.5 Å². The monoisotopic (exact) mass is 244 g/mol. The minimum Gasteiger partial charge on any atom is -0.479 e. The van der Waals surface area contributed by atoms with E-state index in [-0.39, 0.29) is 5.91 Å². The third kappa shape index (κ3) is 3.98. The first-order chi connectivity index (χ1) is 8.06. The number of carboxylic acid groups (broad SMARTS) is 1. The van der Waals surface area contributed by atoms with Crippen molar-refractivity contribution >= 4 is 11.9 Å². The smallest absolute Gasteiger partial charge is 0.332 e. The number of carboxylic acids is 1. The van der Waals surface area contributed by atoms with Crippen molar-refractivity contribution in [2.75, 3.05) is 27.2 Å². The number of aliphatic carboxylic acids is 1. The summed E-state index contributed by atoms with van der Waals surface area (Å²) in [7, 11) is 3.58. The summed E-state index contributed by atoms with van der Waals surface area (Å²) < 4.78 is 5.21. The lowest BCUT2D eigenvalue weighted by atomic mass is 10.2. The molecule has 0 aromatic heterocycles. The average Bonchev–Trinajstić information content (AvgIpc) is 2.77. The molecule has 0 radical (unpaired) electrons. The highest BCUT2D eigenvalue weighted by molar-refractivity contribution is 5.82. The lowest BCUT2D eigenvalue weighted by Gasteiger charge is -2.20. The summed E-state index contributed by atoms with van der Waals surface area (Å²) in [5.41, 5.74) is 0. The van der Waals surface area contributed by atoms with E-state index in [0.29, 0.717) is 19.4 Å². The van der Waals surface area contributed by atoms with E-state index >= 15 is 0 Å². The second-order valence-electron chi connectivity index (χ2n) is 4.25. The Morgan fingerprint density at radius 3 is 2.59 bits per heavy atom. The number of nitrogens with one attached hydrogen (secondary N) is 1. The lowest BCUT2D eigenvalue weighted by molar-refractivity contribution is -0.154. The zero-order valence-corrected chi connectivity index (χ0v) is 10.3. The van der Waals surface area contributed by atoms with Crippen molar-refractivity contribution in [3.63, 3.8) is 0 Å². The van der Waals surface area contributed by atoms with Gasteiger partial charge in [-0.1, -0.05) is 0 Å². The van der Waals surface area contributed by atoms with Crippen molar-refractivity contribution in [3.8, 4) is 0 Å². The van der Waals surface area contributed by atoms with Gasteiger partial charge in [0.25, 0.3) is 5.91 Å². The second kappa shape index (κ2) is 6.56. The first-order valence-corrected chi connectivity index (χ1v) is 5.84. The standard InChI is InChI=1S/C11H20N2O4/c1-12-6-3-7-13(2)10(14)8-4-5-9(17-8)11(15)16/h8-9,12H,3-7H2,1-2H3,(H,15,16). The number of carbonyl (C=O) groups excluding carboxylic acids is 1. The van der Waals surface area contributed by atoms with Crippen LogP contribution in [0.5, 0.6) is 0 Å². The molecule has 0 aliphatic carbocycles. The molecule has 6 nitrogen and oxygen atoms in total. The minimum absolute atomic E-state index is 0.121. The molecule has 0 aromatic carbocycles. The first kappa shape index (κ1) is 13.9. The van der Waals surface area contributed by atoms with Gasteiger partial charge in [0.1, 0.15) is 6.10 Å². The van der Waals surface area contributed by atoms with Crippen LogP contribution in [0.25, 0.3) is 0 Å². The summed E-state index contributed by atoms with van der Waals surface area (Å²) in [6.45, 7) is 1.50. The van der Waals surface area contributed by atoms with Crippen LogP contribution in [-0.4, -0.2) is 61.3 Å². The molecule has 17 heavy (non-hydrogen) atoms. The molecule has 1 amide bonds. The number of amides is 1. The average molecular weight is 244 g/mol. The summed E-state index contributed by atoms with van der Waals surface area (Å²) in [6, 6.07) is 0. The maximum absolute atomic E-state index is 11.9. The van der Waals surface area contributed by atoms with Crippen molar-refractivity contribution < 1.29 is 19.4 Å². The predicted molar refractivity (Wildman–Crippen MR) is 61.7 cm³/mol. The highest BCUT2D eigenvalue weighted by Crippen LogP contribution is 2.21. The molecule has 1 saturated heterocycles. The van der Waals surface area contributed by atoms with Crippen molar-refractivity contribution in [2.24, 2.45) is 0 Å². The summed E-state index contributed by atoms with van der Waals surface area (Å²) in [5, 5.41) is 11.8. The zero-order chi connectivity index (χ0) is 12.8. The number of hydrogen-bond donors (Lipinski definition) is 2. The molecule has 1 aliphatic rings. The Bertz CT molecular complexity index is 283. The molecule has 0 spiro atoms. The number of likely N-dealkylation sites (N-methyl/N-ethyl adjacent to an activating group) is 1. The zero-order valence-electron chi connectivity index (χ0n) is 10.3. The van der Waals surface area contributed by atoms with Gasteiger partial charge in [0.2, 0.25) is 0 Å². The molecule has 0 saturated carbocycles. The van der Waals surface area contributed by atoms with E-state index in [0.717, 1.165) is 13.0 Å². The highest BCUT2D eigenvalue weighted by atomic mass is 16.5. The first-order valence-electron chi connectivity index (χ1n) is 5.84.